The van der Waals surface area contributed by atoms with E-state index in [1.54, 1.807) is 6.20 Å². The molecule has 0 fully saturated rings. The van der Waals surface area contributed by atoms with Crippen LogP contribution in [-0.4, -0.2) is 4.98 Å². The van der Waals surface area contributed by atoms with Crippen LogP contribution in [0.1, 0.15) is 11.7 Å². The maximum absolute atomic E-state index is 4.02. The Hall–Kier alpha value is -1.51. The molecule has 0 saturated carbocycles. The van der Waals surface area contributed by atoms with Crippen LogP contribution in [0, 0.1) is 0 Å². The molecule has 11 heavy (non-hydrogen) atoms. The van der Waals surface area contributed by atoms with Crippen molar-refractivity contribution in [1.29, 1.82) is 0 Å². The Morgan fingerprint density at radius 2 is 2.09 bits per heavy atom. The van der Waals surface area contributed by atoms with Gasteiger partial charge in [-0.2, -0.15) is 0 Å². The van der Waals surface area contributed by atoms with Crippen LogP contribution in [0.4, 0.5) is 0 Å². The Kier molecular flexibility index (Phi) is 1.48. The third-order valence-electron chi connectivity index (χ3n) is 1.63. The smallest absolute Gasteiger partial charge is 0.124 e. The van der Waals surface area contributed by atoms with E-state index in [1.807, 2.05) is 30.7 Å². The molecule has 0 aliphatic carbocycles. The van der Waals surface area contributed by atoms with Gasteiger partial charge in [0.1, 0.15) is 6.17 Å². The molecule has 1 aromatic heterocycles. The van der Waals surface area contributed by atoms with Crippen molar-refractivity contribution < 1.29 is 0 Å². The standard InChI is InChI=1S/C8H9N3/c1-2-7(6-9-3-1)8-10-4-5-11-8/h1-6,8,10-11H. The van der Waals surface area contributed by atoms with E-state index in [1.165, 1.54) is 0 Å². The lowest BCUT2D eigenvalue weighted by Gasteiger charge is -2.10. The van der Waals surface area contributed by atoms with Crippen molar-refractivity contribution in [3.05, 3.63) is 42.5 Å². The van der Waals surface area contributed by atoms with Gasteiger partial charge in [0.05, 0.1) is 0 Å². The summed E-state index contributed by atoms with van der Waals surface area (Å²) in [5.74, 6) is 0. The lowest BCUT2D eigenvalue weighted by atomic mass is 10.2. The Labute approximate surface area is 65.2 Å². The van der Waals surface area contributed by atoms with Crippen LogP contribution >= 0.6 is 0 Å². The Balaban J connectivity index is 2.17. The summed E-state index contributed by atoms with van der Waals surface area (Å²) in [7, 11) is 0. The first-order valence-electron chi connectivity index (χ1n) is 3.54. The normalized spacial score (nSPS) is 16.0. The number of rotatable bonds is 1. The molecule has 1 aliphatic heterocycles. The maximum Gasteiger partial charge on any atom is 0.124 e. The second-order valence-electron chi connectivity index (χ2n) is 2.39. The average Bonchev–Trinajstić information content (AvgIpc) is 2.58. The van der Waals surface area contributed by atoms with Crippen molar-refractivity contribution in [3.63, 3.8) is 0 Å². The zero-order valence-corrected chi connectivity index (χ0v) is 5.99. The number of nitrogens with zero attached hydrogens (tertiary/aromatic N) is 1. The molecule has 2 N–H and O–H groups in total. The van der Waals surface area contributed by atoms with E-state index in [2.05, 4.69) is 15.6 Å². The molecule has 3 heteroatoms. The molecule has 2 heterocycles. The van der Waals surface area contributed by atoms with Gasteiger partial charge in [0.2, 0.25) is 0 Å². The lowest BCUT2D eigenvalue weighted by Crippen LogP contribution is -2.20. The summed E-state index contributed by atoms with van der Waals surface area (Å²) in [4.78, 5) is 4.02. The molecule has 0 saturated heterocycles. The molecule has 2 rings (SSSR count). The first kappa shape index (κ1) is 6.22. The number of hydrogen-bond donors (Lipinski definition) is 2. The Morgan fingerprint density at radius 1 is 1.27 bits per heavy atom. The van der Waals surface area contributed by atoms with Gasteiger partial charge in [0, 0.05) is 30.4 Å². The molecule has 56 valence electrons. The summed E-state index contributed by atoms with van der Waals surface area (Å²) in [5, 5.41) is 6.28. The quantitative estimate of drug-likeness (QED) is 0.615. The molecule has 0 aromatic carbocycles. The van der Waals surface area contributed by atoms with Crippen molar-refractivity contribution in [3.8, 4) is 0 Å². The highest BCUT2D eigenvalue weighted by molar-refractivity contribution is 5.16. The maximum atomic E-state index is 4.02. The predicted octanol–water partition coefficient (Wildman–Crippen LogP) is 0.744. The van der Waals surface area contributed by atoms with Crippen LogP contribution < -0.4 is 10.6 Å². The molecule has 0 spiro atoms. The van der Waals surface area contributed by atoms with E-state index in [-0.39, 0.29) is 6.17 Å². The third kappa shape index (κ3) is 1.17. The van der Waals surface area contributed by atoms with Crippen LogP contribution in [0.5, 0.6) is 0 Å². The van der Waals surface area contributed by atoms with E-state index in [0.29, 0.717) is 0 Å². The molecular formula is C8H9N3. The Morgan fingerprint density at radius 3 is 2.73 bits per heavy atom. The summed E-state index contributed by atoms with van der Waals surface area (Å²) in [6.07, 6.45) is 7.59. The van der Waals surface area contributed by atoms with Gasteiger partial charge in [-0.3, -0.25) is 4.98 Å². The largest absolute Gasteiger partial charge is 0.366 e. The lowest BCUT2D eigenvalue weighted by molar-refractivity contribution is 0.605. The van der Waals surface area contributed by atoms with Gasteiger partial charge in [-0.1, -0.05) is 6.07 Å². The first-order chi connectivity index (χ1) is 5.47. The average molecular weight is 147 g/mol. The zero-order valence-electron chi connectivity index (χ0n) is 5.99. The van der Waals surface area contributed by atoms with Crippen molar-refractivity contribution in [2.45, 2.75) is 6.17 Å². The van der Waals surface area contributed by atoms with Gasteiger partial charge in [0.15, 0.2) is 0 Å². The number of pyridine rings is 1. The van der Waals surface area contributed by atoms with E-state index in [4.69, 9.17) is 0 Å². The molecule has 0 unspecified atom stereocenters. The van der Waals surface area contributed by atoms with Crippen molar-refractivity contribution in [2.75, 3.05) is 0 Å². The molecular weight excluding hydrogens is 138 g/mol. The van der Waals surface area contributed by atoms with Gasteiger partial charge in [-0.15, -0.1) is 0 Å². The molecule has 1 aliphatic rings. The number of nitrogens with one attached hydrogen (secondary N) is 2. The molecule has 0 amide bonds. The number of hydrogen-bond acceptors (Lipinski definition) is 3. The second kappa shape index (κ2) is 2.62. The van der Waals surface area contributed by atoms with Crippen LogP contribution in [0.3, 0.4) is 0 Å². The molecule has 1 aromatic rings. The molecule has 0 atom stereocenters. The summed E-state index contributed by atoms with van der Waals surface area (Å²) >= 11 is 0. The van der Waals surface area contributed by atoms with Crippen LogP contribution in [0.15, 0.2) is 36.9 Å². The van der Waals surface area contributed by atoms with Gasteiger partial charge in [-0.25, -0.2) is 0 Å². The minimum Gasteiger partial charge on any atom is -0.366 e. The molecule has 0 bridgehead atoms. The summed E-state index contributed by atoms with van der Waals surface area (Å²) in [5.41, 5.74) is 1.15. The zero-order chi connectivity index (χ0) is 7.52. The van der Waals surface area contributed by atoms with Gasteiger partial charge >= 0.3 is 0 Å². The van der Waals surface area contributed by atoms with Crippen LogP contribution in [0.25, 0.3) is 0 Å². The Bertz CT molecular complexity index is 247. The summed E-state index contributed by atoms with van der Waals surface area (Å²) in [6, 6.07) is 3.96. The minimum absolute atomic E-state index is 0.198. The van der Waals surface area contributed by atoms with E-state index >= 15 is 0 Å². The van der Waals surface area contributed by atoms with E-state index in [9.17, 15) is 0 Å². The topological polar surface area (TPSA) is 37.0 Å². The van der Waals surface area contributed by atoms with E-state index < -0.39 is 0 Å². The highest BCUT2D eigenvalue weighted by Gasteiger charge is 2.09. The van der Waals surface area contributed by atoms with Gasteiger partial charge < -0.3 is 10.6 Å². The van der Waals surface area contributed by atoms with Crippen LogP contribution in [0.2, 0.25) is 0 Å². The SMILES string of the molecule is C1=CNC(c2cccnc2)N1. The number of aromatic nitrogens is 1. The van der Waals surface area contributed by atoms with Gasteiger partial charge in [0.25, 0.3) is 0 Å². The highest BCUT2D eigenvalue weighted by Crippen LogP contribution is 2.09. The third-order valence-corrected chi connectivity index (χ3v) is 1.63. The minimum atomic E-state index is 0.198. The van der Waals surface area contributed by atoms with Gasteiger partial charge in [-0.05, 0) is 6.07 Å². The fourth-order valence-corrected chi connectivity index (χ4v) is 1.08. The van der Waals surface area contributed by atoms with Crippen LogP contribution in [-0.2, 0) is 0 Å². The van der Waals surface area contributed by atoms with Crippen molar-refractivity contribution in [1.82, 2.24) is 15.6 Å². The highest BCUT2D eigenvalue weighted by atomic mass is 15.1. The van der Waals surface area contributed by atoms with Crippen molar-refractivity contribution >= 4 is 0 Å². The summed E-state index contributed by atoms with van der Waals surface area (Å²) in [6.45, 7) is 0. The monoisotopic (exact) mass is 147 g/mol. The first-order valence-corrected chi connectivity index (χ1v) is 3.54. The molecule has 0 radical (unpaired) electrons. The van der Waals surface area contributed by atoms with E-state index in [0.717, 1.165) is 5.56 Å². The molecule has 3 nitrogen and oxygen atoms in total. The fraction of sp³-hybridized carbons (Fsp3) is 0.125. The summed E-state index contributed by atoms with van der Waals surface area (Å²) < 4.78 is 0. The fourth-order valence-electron chi connectivity index (χ4n) is 1.08. The predicted molar refractivity (Wildman–Crippen MR) is 42.4 cm³/mol. The van der Waals surface area contributed by atoms with Crippen molar-refractivity contribution in [2.24, 2.45) is 0 Å². The second-order valence-corrected chi connectivity index (χ2v) is 2.39.